The number of ether oxygens (including phenoxy) is 2. The molecule has 2 N–H and O–H groups in total. The van der Waals surface area contributed by atoms with Crippen LogP contribution >= 0.6 is 11.3 Å². The third kappa shape index (κ3) is 4.70. The van der Waals surface area contributed by atoms with Gasteiger partial charge in [0.05, 0.1) is 18.4 Å². The summed E-state index contributed by atoms with van der Waals surface area (Å²) < 4.78 is 9.93. The van der Waals surface area contributed by atoms with Crippen LogP contribution in [0.2, 0.25) is 0 Å². The van der Waals surface area contributed by atoms with Crippen LogP contribution in [-0.4, -0.2) is 42.8 Å². The largest absolute Gasteiger partial charge is 0.497 e. The lowest BCUT2D eigenvalue weighted by molar-refractivity contribution is -0.119. The average molecular weight is 398 g/mol. The van der Waals surface area contributed by atoms with Crippen LogP contribution < -0.4 is 15.4 Å². The van der Waals surface area contributed by atoms with Gasteiger partial charge in [-0.3, -0.25) is 14.9 Å². The van der Waals surface area contributed by atoms with Gasteiger partial charge in [0.2, 0.25) is 11.0 Å². The second-order valence-corrected chi connectivity index (χ2v) is 6.60. The van der Waals surface area contributed by atoms with Crippen molar-refractivity contribution < 1.29 is 19.1 Å². The average Bonchev–Trinajstić information content (AvgIpc) is 3.17. The van der Waals surface area contributed by atoms with Gasteiger partial charge >= 0.3 is 0 Å². The molecule has 0 radical (unpaired) electrons. The highest BCUT2D eigenvalue weighted by molar-refractivity contribution is 7.18. The molecule has 0 saturated heterocycles. The number of aromatic nitrogens is 2. The Balaban J connectivity index is 1.73. The van der Waals surface area contributed by atoms with Gasteiger partial charge in [-0.1, -0.05) is 23.5 Å². The van der Waals surface area contributed by atoms with Gasteiger partial charge in [-0.05, 0) is 36.4 Å². The summed E-state index contributed by atoms with van der Waals surface area (Å²) in [7, 11) is 3.02. The topological polar surface area (TPSA) is 102 Å². The molecule has 0 fully saturated rings. The predicted molar refractivity (Wildman–Crippen MR) is 107 cm³/mol. The minimum absolute atomic E-state index is 0.0996. The van der Waals surface area contributed by atoms with Gasteiger partial charge in [0.25, 0.3) is 5.91 Å². The van der Waals surface area contributed by atoms with E-state index in [4.69, 9.17) is 9.47 Å². The van der Waals surface area contributed by atoms with Crippen molar-refractivity contribution in [3.63, 3.8) is 0 Å². The van der Waals surface area contributed by atoms with Crippen molar-refractivity contribution in [3.8, 4) is 16.3 Å². The number of hydrogen-bond acceptors (Lipinski definition) is 7. The molecule has 1 heterocycles. The van der Waals surface area contributed by atoms with Crippen molar-refractivity contribution in [1.29, 1.82) is 0 Å². The molecule has 0 bridgehead atoms. The van der Waals surface area contributed by atoms with Crippen LogP contribution in [0, 0.1) is 0 Å². The standard InChI is InChI=1S/C19H18N4O4S/c1-26-11-16(24)20-15-6-4-3-5-14(15)17(25)21-19-23-22-18(28-19)12-7-9-13(27-2)10-8-12/h3-10H,11H2,1-2H3,(H,20,24)(H,21,23,25). The molecule has 0 saturated carbocycles. The molecule has 0 spiro atoms. The van der Waals surface area contributed by atoms with Crippen molar-refractivity contribution >= 4 is 34.0 Å². The zero-order valence-corrected chi connectivity index (χ0v) is 16.1. The minimum atomic E-state index is -0.397. The number of carbonyl (C=O) groups is 2. The number of methoxy groups -OCH3 is 2. The molecule has 144 valence electrons. The predicted octanol–water partition coefficient (Wildman–Crippen LogP) is 3.05. The highest BCUT2D eigenvalue weighted by Crippen LogP contribution is 2.28. The molecule has 9 heteroatoms. The third-order valence-electron chi connectivity index (χ3n) is 3.70. The first-order valence-corrected chi connectivity index (χ1v) is 9.09. The lowest BCUT2D eigenvalue weighted by Gasteiger charge is -2.09. The molecular formula is C19H18N4O4S. The number of benzene rings is 2. The van der Waals surface area contributed by atoms with Crippen molar-refractivity contribution in [2.75, 3.05) is 31.5 Å². The number of carbonyl (C=O) groups excluding carboxylic acids is 2. The summed E-state index contributed by atoms with van der Waals surface area (Å²) in [6.07, 6.45) is 0. The van der Waals surface area contributed by atoms with E-state index in [0.29, 0.717) is 21.4 Å². The van der Waals surface area contributed by atoms with Gasteiger partial charge in [0.15, 0.2) is 0 Å². The second-order valence-electron chi connectivity index (χ2n) is 5.62. The maximum absolute atomic E-state index is 12.6. The van der Waals surface area contributed by atoms with Crippen molar-refractivity contribution in [2.45, 2.75) is 0 Å². The molecule has 3 aromatic rings. The van der Waals surface area contributed by atoms with Crippen LogP contribution in [-0.2, 0) is 9.53 Å². The Morgan fingerprint density at radius 2 is 1.75 bits per heavy atom. The number of nitrogens with zero attached hydrogens (tertiary/aromatic N) is 2. The van der Waals surface area contributed by atoms with Crippen LogP contribution in [0.1, 0.15) is 10.4 Å². The Kier molecular flexibility index (Phi) is 6.30. The van der Waals surface area contributed by atoms with Gasteiger partial charge in [-0.25, -0.2) is 0 Å². The summed E-state index contributed by atoms with van der Waals surface area (Å²) in [5.74, 6) is 0.000115. The number of rotatable bonds is 7. The summed E-state index contributed by atoms with van der Waals surface area (Å²) in [6, 6.07) is 14.1. The van der Waals surface area contributed by atoms with Crippen LogP contribution in [0.5, 0.6) is 5.75 Å². The lowest BCUT2D eigenvalue weighted by Crippen LogP contribution is -2.20. The fourth-order valence-electron chi connectivity index (χ4n) is 2.40. The van der Waals surface area contributed by atoms with E-state index in [1.165, 1.54) is 18.4 Å². The third-order valence-corrected chi connectivity index (χ3v) is 4.59. The SMILES string of the molecule is COCC(=O)Nc1ccccc1C(=O)Nc1nnc(-c2ccc(OC)cc2)s1. The Labute approximate surface area is 165 Å². The van der Waals surface area contributed by atoms with E-state index in [0.717, 1.165) is 11.3 Å². The summed E-state index contributed by atoms with van der Waals surface area (Å²) in [5.41, 5.74) is 1.57. The number of hydrogen-bond donors (Lipinski definition) is 2. The maximum Gasteiger partial charge on any atom is 0.259 e. The number of amides is 2. The highest BCUT2D eigenvalue weighted by atomic mass is 32.1. The molecule has 2 aromatic carbocycles. The first kappa shape index (κ1) is 19.5. The molecule has 0 atom stereocenters. The van der Waals surface area contributed by atoms with Crippen molar-refractivity contribution in [3.05, 3.63) is 54.1 Å². The zero-order valence-electron chi connectivity index (χ0n) is 15.3. The van der Waals surface area contributed by atoms with E-state index in [1.807, 2.05) is 24.3 Å². The van der Waals surface area contributed by atoms with Crippen LogP contribution in [0.15, 0.2) is 48.5 Å². The first-order valence-electron chi connectivity index (χ1n) is 8.28. The van der Waals surface area contributed by atoms with Gasteiger partial charge in [-0.2, -0.15) is 0 Å². The summed E-state index contributed by atoms with van der Waals surface area (Å²) in [6.45, 7) is -0.0996. The van der Waals surface area contributed by atoms with Gasteiger partial charge in [0, 0.05) is 12.7 Å². The van der Waals surface area contributed by atoms with Gasteiger partial charge in [-0.15, -0.1) is 10.2 Å². The fraction of sp³-hybridized carbons (Fsp3) is 0.158. The smallest absolute Gasteiger partial charge is 0.259 e. The van der Waals surface area contributed by atoms with E-state index in [1.54, 1.807) is 31.4 Å². The number of nitrogens with one attached hydrogen (secondary N) is 2. The minimum Gasteiger partial charge on any atom is -0.497 e. The van der Waals surface area contributed by atoms with E-state index in [-0.39, 0.29) is 12.5 Å². The monoisotopic (exact) mass is 398 g/mol. The first-order chi connectivity index (χ1) is 13.6. The van der Waals surface area contributed by atoms with E-state index in [9.17, 15) is 9.59 Å². The Morgan fingerprint density at radius 1 is 1.00 bits per heavy atom. The van der Waals surface area contributed by atoms with Crippen molar-refractivity contribution in [2.24, 2.45) is 0 Å². The van der Waals surface area contributed by atoms with Gasteiger partial charge in [0.1, 0.15) is 17.4 Å². The maximum atomic E-state index is 12.6. The van der Waals surface area contributed by atoms with Crippen LogP contribution in [0.3, 0.4) is 0 Å². The second kappa shape index (κ2) is 9.07. The van der Waals surface area contributed by atoms with E-state index < -0.39 is 5.91 Å². The van der Waals surface area contributed by atoms with Crippen molar-refractivity contribution in [1.82, 2.24) is 10.2 Å². The van der Waals surface area contributed by atoms with Crippen LogP contribution in [0.4, 0.5) is 10.8 Å². The molecule has 0 aliphatic rings. The zero-order chi connectivity index (χ0) is 19.9. The number of para-hydroxylation sites is 1. The lowest BCUT2D eigenvalue weighted by atomic mass is 10.1. The van der Waals surface area contributed by atoms with E-state index in [2.05, 4.69) is 20.8 Å². The number of anilines is 2. The Bertz CT molecular complexity index is 972. The fourth-order valence-corrected chi connectivity index (χ4v) is 3.14. The molecule has 2 amide bonds. The molecule has 3 rings (SSSR count). The molecule has 1 aromatic heterocycles. The summed E-state index contributed by atoms with van der Waals surface area (Å²) >= 11 is 1.25. The highest BCUT2D eigenvalue weighted by Gasteiger charge is 2.15. The molecule has 0 unspecified atom stereocenters. The van der Waals surface area contributed by atoms with E-state index >= 15 is 0 Å². The molecule has 0 aliphatic heterocycles. The molecule has 28 heavy (non-hydrogen) atoms. The van der Waals surface area contributed by atoms with Gasteiger partial charge < -0.3 is 14.8 Å². The Hall–Kier alpha value is -3.30. The quantitative estimate of drug-likeness (QED) is 0.634. The normalized spacial score (nSPS) is 10.4. The van der Waals surface area contributed by atoms with Crippen LogP contribution in [0.25, 0.3) is 10.6 Å². The summed E-state index contributed by atoms with van der Waals surface area (Å²) in [4.78, 5) is 24.4. The Morgan fingerprint density at radius 3 is 2.46 bits per heavy atom. The molecule has 0 aliphatic carbocycles. The summed E-state index contributed by atoms with van der Waals surface area (Å²) in [5, 5.41) is 14.5. The molecular weight excluding hydrogens is 380 g/mol. The molecule has 8 nitrogen and oxygen atoms in total.